The van der Waals surface area contributed by atoms with E-state index in [1.165, 1.54) is 27.7 Å². The molecule has 0 saturated heterocycles. The maximum atomic E-state index is 12.0. The predicted octanol–water partition coefficient (Wildman–Crippen LogP) is 11.3. The van der Waals surface area contributed by atoms with Gasteiger partial charge in [-0.2, -0.15) is 33.7 Å². The van der Waals surface area contributed by atoms with Crippen LogP contribution in [0.25, 0.3) is 0 Å². The van der Waals surface area contributed by atoms with Gasteiger partial charge in [0.05, 0.1) is 73.1 Å². The molecular formula is C29H74F13O8S4Y-. The van der Waals surface area contributed by atoms with E-state index in [9.17, 15) is 88.7 Å². The molecule has 0 fully saturated rings. The van der Waals surface area contributed by atoms with E-state index in [-0.39, 0.29) is 122 Å². The molecule has 26 heteroatoms. The van der Waals surface area contributed by atoms with E-state index in [0.29, 0.717) is 21.5 Å². The van der Waals surface area contributed by atoms with Gasteiger partial charge in [0, 0.05) is 32.7 Å². The van der Waals surface area contributed by atoms with E-state index in [0.717, 1.165) is 0 Å². The number of hydrogen-bond donors (Lipinski definition) is 0. The Hall–Kier alpha value is -0.00610. The van der Waals surface area contributed by atoms with Crippen molar-refractivity contribution < 1.29 is 121 Å². The molecule has 0 bridgehead atoms. The fourth-order valence-electron chi connectivity index (χ4n) is 1.60. The van der Waals surface area contributed by atoms with Crippen LogP contribution in [0.5, 0.6) is 0 Å². The van der Waals surface area contributed by atoms with Crippen molar-refractivity contribution in [3.05, 3.63) is 5.92 Å². The Morgan fingerprint density at radius 2 is 0.727 bits per heavy atom. The largest absolute Gasteiger partial charge is 0.302 e. The summed E-state index contributed by atoms with van der Waals surface area (Å²) in [5.74, 6) is -4.57. The van der Waals surface area contributed by atoms with Gasteiger partial charge in [0.1, 0.15) is 0 Å². The van der Waals surface area contributed by atoms with Crippen molar-refractivity contribution in [1.29, 1.82) is 0 Å². The van der Waals surface area contributed by atoms with E-state index in [1.54, 1.807) is 0 Å². The molecule has 0 aliphatic rings. The Kier molecular flexibility index (Phi) is 150. The summed E-state index contributed by atoms with van der Waals surface area (Å²) in [5.41, 5.74) is 0. The predicted molar refractivity (Wildman–Crippen MR) is 205 cm³/mol. The summed E-state index contributed by atoms with van der Waals surface area (Å²) in [6, 6.07) is 0. The molecule has 0 N–H and O–H groups in total. The average molecular weight is 1020 g/mol. The van der Waals surface area contributed by atoms with Crippen molar-refractivity contribution in [3.63, 3.8) is 0 Å². The topological polar surface area (TPSA) is 137 Å². The molecule has 0 aliphatic carbocycles. The first-order chi connectivity index (χ1) is 21.9. The summed E-state index contributed by atoms with van der Waals surface area (Å²) >= 11 is 0. The first kappa shape index (κ1) is 105. The van der Waals surface area contributed by atoms with Crippen LogP contribution < -0.4 is 0 Å². The molecule has 0 amide bonds. The fourth-order valence-corrected chi connectivity index (χ4v) is 4.43. The molecule has 1 unspecified atom stereocenters. The second-order valence-corrected chi connectivity index (χ2v) is 13.0. The van der Waals surface area contributed by atoms with Gasteiger partial charge in [-0.3, -0.25) is 45.4 Å². The van der Waals surface area contributed by atoms with E-state index < -0.39 is 96.3 Å². The minimum Gasteiger partial charge on any atom is -0.277 e. The zero-order chi connectivity index (χ0) is 41.1. The van der Waals surface area contributed by atoms with Crippen molar-refractivity contribution in [1.82, 2.24) is 0 Å². The maximum Gasteiger partial charge on any atom is 0.302 e. The van der Waals surface area contributed by atoms with Crippen LogP contribution in [0.4, 0.5) is 55.1 Å². The van der Waals surface area contributed by atoms with Gasteiger partial charge >= 0.3 is 20.4 Å². The Bertz CT molecular complexity index is 966. The van der Waals surface area contributed by atoms with E-state index >= 15 is 0 Å². The molecule has 0 aromatic heterocycles. The molecule has 0 heterocycles. The van der Waals surface area contributed by atoms with Crippen LogP contribution in [0.1, 0.15) is 97.9 Å². The number of alkyl halides is 9. The summed E-state index contributed by atoms with van der Waals surface area (Å²) < 4.78 is 221. The third-order valence-corrected chi connectivity index (χ3v) is 6.10. The average Bonchev–Trinajstić information content (AvgIpc) is 2.94. The van der Waals surface area contributed by atoms with Gasteiger partial charge in [0.25, 0.3) is 20.4 Å². The minimum absolute atomic E-state index is 0. The first-order valence-electron chi connectivity index (χ1n) is 12.9. The summed E-state index contributed by atoms with van der Waals surface area (Å²) in [6.07, 6.45) is -0.361. The third kappa shape index (κ3) is 200. The van der Waals surface area contributed by atoms with Gasteiger partial charge in [0.2, 0.25) is 0 Å². The van der Waals surface area contributed by atoms with E-state index in [1.807, 2.05) is 0 Å². The van der Waals surface area contributed by atoms with E-state index in [2.05, 4.69) is 0 Å². The first-order valence-corrected chi connectivity index (χ1v) is 19.1. The van der Waals surface area contributed by atoms with Crippen molar-refractivity contribution in [2.24, 2.45) is 5.92 Å². The molecule has 0 aromatic carbocycles. The molecule has 0 spiro atoms. The Morgan fingerprint density at radius 3 is 0.891 bits per heavy atom. The summed E-state index contributed by atoms with van der Waals surface area (Å²) in [7, 11) is -17.2. The van der Waals surface area contributed by atoms with Crippen LogP contribution in [0.2, 0.25) is 0 Å². The Labute approximate surface area is 354 Å². The standard InChI is InChI=1S/C5H8F3O4S2.C5H10F2O2S.C4H8F2O2S.3C2H5F.3CH3F.6CH4.Y/c6-2-1-5(3-13(7,9)10)4-14(8,11)12;1-5(4-6)2-3-10(7,8)9;5-3-1-2-4-9(6,7)8;3*1-2-3;3*1-2;;;;;;;/h1-4H2;5H,2-4H2,1H3;1-4H2;3*2H2,1H3;3*1H3;6*1H4;/q-1;;;;;;;;;;;;;;;. The second-order valence-electron chi connectivity index (χ2n) is 7.29. The van der Waals surface area contributed by atoms with Crippen LogP contribution in [0.3, 0.4) is 0 Å². The van der Waals surface area contributed by atoms with Crippen LogP contribution in [-0.4, -0.2) is 118 Å². The maximum absolute atomic E-state index is 12.0. The molecule has 0 saturated carbocycles. The van der Waals surface area contributed by atoms with Crippen LogP contribution in [0.15, 0.2) is 0 Å². The fraction of sp³-hybridized carbons (Fsp3) is 0.966. The molecule has 1 radical (unpaired) electrons. The molecule has 1 atom stereocenters. The monoisotopic (exact) mass is 1010 g/mol. The second kappa shape index (κ2) is 78.3. The molecule has 8 nitrogen and oxygen atoms in total. The Balaban J connectivity index is -0.0000000240. The van der Waals surface area contributed by atoms with Crippen LogP contribution >= 0.6 is 0 Å². The van der Waals surface area contributed by atoms with Crippen molar-refractivity contribution in [2.45, 2.75) is 97.9 Å². The zero-order valence-electron chi connectivity index (χ0n) is 28.4. The molecule has 0 rings (SSSR count). The smallest absolute Gasteiger partial charge is 0.277 e. The number of halogens is 13. The van der Waals surface area contributed by atoms with Gasteiger partial charge in [-0.25, -0.2) is 0 Å². The number of unbranched alkanes of at least 4 members (excludes halogenated alkanes) is 1. The van der Waals surface area contributed by atoms with Crippen LogP contribution in [-0.2, 0) is 73.6 Å². The third-order valence-electron chi connectivity index (χ3n) is 3.09. The van der Waals surface area contributed by atoms with E-state index in [4.69, 9.17) is 0 Å². The van der Waals surface area contributed by atoms with Crippen molar-refractivity contribution >= 4 is 40.9 Å². The number of rotatable bonds is 14. The molecular weight excluding hydrogens is 940 g/mol. The van der Waals surface area contributed by atoms with Gasteiger partial charge in [-0.1, -0.05) is 51.5 Å². The number of hydrogen-bond acceptors (Lipinski definition) is 8. The quantitative estimate of drug-likeness (QED) is 0.0726. The summed E-state index contributed by atoms with van der Waals surface area (Å²) in [4.78, 5) is 0. The molecule has 0 aliphatic heterocycles. The van der Waals surface area contributed by atoms with Gasteiger partial charge in [-0.05, 0) is 57.5 Å². The summed E-state index contributed by atoms with van der Waals surface area (Å²) in [5, 5.41) is 0. The SMILES string of the molecule is C.C.C.C.C.C.CC(CF)CCS(=O)(=O)F.CCF.CCF.CCF.CF.CF.CF.O=S(=O)(F)CCCCF.O=S(=O)(F)C[C-](CCF)CS(=O)(=O)F.[Y]. The molecule has 357 valence electrons. The van der Waals surface area contributed by atoms with Crippen molar-refractivity contribution in [2.75, 3.05) is 84.6 Å². The zero-order valence-corrected chi connectivity index (χ0v) is 34.5. The minimum atomic E-state index is -4.95. The molecule has 0 aromatic rings. The van der Waals surface area contributed by atoms with Crippen molar-refractivity contribution in [3.8, 4) is 0 Å². The molecule has 55 heavy (non-hydrogen) atoms. The van der Waals surface area contributed by atoms with Gasteiger partial charge in [0.15, 0.2) is 0 Å². The van der Waals surface area contributed by atoms with Gasteiger partial charge < -0.3 is 0 Å². The normalized spacial score (nSPS) is 9.40. The summed E-state index contributed by atoms with van der Waals surface area (Å²) in [6.45, 7) is 2.90. The Morgan fingerprint density at radius 1 is 0.473 bits per heavy atom. The van der Waals surface area contributed by atoms with Crippen LogP contribution in [0, 0.1) is 11.8 Å². The van der Waals surface area contributed by atoms with Gasteiger partial charge in [-0.15, -0.1) is 22.0 Å².